The number of amides is 2. The highest BCUT2D eigenvalue weighted by molar-refractivity contribution is 7.46. The molecule has 41 heavy (non-hydrogen) atoms. The molecule has 2 aliphatic rings. The van der Waals surface area contributed by atoms with Gasteiger partial charge in [-0.05, 0) is 13.0 Å². The lowest BCUT2D eigenvalue weighted by atomic mass is 9.97. The van der Waals surface area contributed by atoms with Crippen LogP contribution in [0.2, 0.25) is 0 Å². The molecule has 2 heterocycles. The average Bonchev–Trinajstić information content (AvgIpc) is 2.86. The summed E-state index contributed by atoms with van der Waals surface area (Å²) in [6.45, 7) is -0.252. The molecule has 0 spiro atoms. The topological polar surface area (TPSA) is 321 Å². The summed E-state index contributed by atoms with van der Waals surface area (Å²) in [4.78, 5) is 48.4. The quantitative estimate of drug-likeness (QED) is 0.0648. The molecule has 240 valence electrons. The minimum absolute atomic E-state index is 0.0910. The van der Waals surface area contributed by atoms with Gasteiger partial charge in [-0.2, -0.15) is 0 Å². The number of hydrogen-bond donors (Lipinski definition) is 8. The van der Waals surface area contributed by atoms with E-state index in [4.69, 9.17) is 28.8 Å². The fourth-order valence-electron chi connectivity index (χ4n) is 3.95. The van der Waals surface area contributed by atoms with Crippen LogP contribution in [0.4, 0.5) is 0 Å². The number of nitrogens with two attached hydrogens (primary N) is 1. The third kappa shape index (κ3) is 10.2. The lowest BCUT2D eigenvalue weighted by molar-refractivity contribution is -0.305. The number of phosphoric ester groups is 2. The van der Waals surface area contributed by atoms with E-state index >= 15 is 0 Å². The smallest absolute Gasteiger partial charge is 0.270 e. The van der Waals surface area contributed by atoms with Gasteiger partial charge in [-0.1, -0.05) is 0 Å². The molecule has 2 saturated heterocycles. The molecular formula is C19H35N3O17P2-2. The summed E-state index contributed by atoms with van der Waals surface area (Å²) < 4.78 is 54.7. The zero-order valence-electron chi connectivity index (χ0n) is 21.9. The fraction of sp³-hybridized carbons (Fsp3) is 0.895. The van der Waals surface area contributed by atoms with E-state index in [-0.39, 0.29) is 19.6 Å². The minimum Gasteiger partial charge on any atom is -0.756 e. The zero-order chi connectivity index (χ0) is 31.1. The highest BCUT2D eigenvalue weighted by Crippen LogP contribution is 2.47. The van der Waals surface area contributed by atoms with Crippen LogP contribution < -0.4 is 26.2 Å². The molecule has 2 fully saturated rings. The molecule has 20 nitrogen and oxygen atoms in total. The van der Waals surface area contributed by atoms with E-state index in [0.29, 0.717) is 0 Å². The summed E-state index contributed by atoms with van der Waals surface area (Å²) >= 11 is 0. The van der Waals surface area contributed by atoms with E-state index in [1.165, 1.54) is 0 Å². The van der Waals surface area contributed by atoms with Crippen molar-refractivity contribution in [2.24, 2.45) is 5.73 Å². The van der Waals surface area contributed by atoms with Crippen molar-refractivity contribution in [2.45, 2.75) is 81.6 Å². The first-order chi connectivity index (χ1) is 19.1. The van der Waals surface area contributed by atoms with Crippen molar-refractivity contribution in [3.63, 3.8) is 0 Å². The predicted molar refractivity (Wildman–Crippen MR) is 127 cm³/mol. The molecule has 12 atom stereocenters. The molecule has 2 amide bonds. The normalized spacial score (nSPS) is 37.0. The number of aliphatic hydroxyl groups is 5. The van der Waals surface area contributed by atoms with Gasteiger partial charge < -0.3 is 70.2 Å². The molecule has 0 saturated carbocycles. The molecule has 0 radical (unpaired) electrons. The Morgan fingerprint density at radius 3 is 1.80 bits per heavy atom. The van der Waals surface area contributed by atoms with Crippen LogP contribution in [0.3, 0.4) is 0 Å². The second-order valence-electron chi connectivity index (χ2n) is 9.03. The van der Waals surface area contributed by atoms with E-state index < -0.39 is 102 Å². The van der Waals surface area contributed by atoms with Gasteiger partial charge in [0.05, 0.1) is 19.8 Å². The number of carbonyl (C=O) groups excluding carboxylic acids is 2. The van der Waals surface area contributed by atoms with E-state index in [2.05, 4.69) is 15.2 Å². The van der Waals surface area contributed by atoms with Gasteiger partial charge in [-0.15, -0.1) is 0 Å². The number of ether oxygens (including phenoxy) is 2. The summed E-state index contributed by atoms with van der Waals surface area (Å²) in [5.74, 6) is -1.62. The summed E-state index contributed by atoms with van der Waals surface area (Å²) in [6, 6.07) is -3.48. The Bertz CT molecular complexity index is 977. The standard InChI is InChI=1S/C19H37N3O17P2/c1-8(25)21-12-15(28)14(27)10(6-23)35-18(12)39-41(32,33)37-17-11(7-24)36-19(13(16(17)29)22-9(2)26)38-40(30,31)34-5-3-4-20/h10-19,23-24,27-29H,3-7,20H2,1-2H3,(H,21,25)(H,22,26)(H,30,31)(H,32,33)/p-2/t10-,11-,12-,13-,14-,15-,16-,17-,18-,19-/m1/s1. The summed E-state index contributed by atoms with van der Waals surface area (Å²) in [6.07, 6.45) is -15.1. The lowest BCUT2D eigenvalue weighted by Crippen LogP contribution is -2.65. The second kappa shape index (κ2) is 15.5. The van der Waals surface area contributed by atoms with Crippen molar-refractivity contribution >= 4 is 27.5 Å². The van der Waals surface area contributed by atoms with Gasteiger partial charge in [0.25, 0.3) is 15.6 Å². The summed E-state index contributed by atoms with van der Waals surface area (Å²) in [5.41, 5.74) is 5.27. The largest absolute Gasteiger partial charge is 0.756 e. The lowest BCUT2D eigenvalue weighted by Gasteiger charge is -2.47. The molecule has 0 aromatic rings. The Balaban J connectivity index is 2.27. The Labute approximate surface area is 233 Å². The van der Waals surface area contributed by atoms with Crippen LogP contribution in [-0.2, 0) is 46.3 Å². The van der Waals surface area contributed by atoms with Gasteiger partial charge in [0, 0.05) is 13.8 Å². The first kappa shape index (κ1) is 36.0. The maximum atomic E-state index is 12.9. The van der Waals surface area contributed by atoms with Gasteiger partial charge in [0.15, 0.2) is 12.6 Å². The average molecular weight is 639 g/mol. The van der Waals surface area contributed by atoms with Crippen molar-refractivity contribution in [1.29, 1.82) is 0 Å². The Morgan fingerprint density at radius 2 is 1.32 bits per heavy atom. The summed E-state index contributed by atoms with van der Waals surface area (Å²) in [5, 5.41) is 54.7. The second-order valence-corrected chi connectivity index (χ2v) is 11.7. The molecular weight excluding hydrogens is 604 g/mol. The zero-order valence-corrected chi connectivity index (χ0v) is 23.7. The summed E-state index contributed by atoms with van der Waals surface area (Å²) in [7, 11) is -10.8. The number of rotatable bonds is 14. The number of phosphoric acid groups is 2. The van der Waals surface area contributed by atoms with E-state index in [1.807, 2.05) is 0 Å². The van der Waals surface area contributed by atoms with Crippen molar-refractivity contribution in [1.82, 2.24) is 10.6 Å². The molecule has 9 N–H and O–H groups in total. The molecule has 0 aromatic heterocycles. The van der Waals surface area contributed by atoms with Crippen LogP contribution in [0.25, 0.3) is 0 Å². The number of hydrogen-bond acceptors (Lipinski definition) is 18. The van der Waals surface area contributed by atoms with Gasteiger partial charge in [0.2, 0.25) is 11.8 Å². The van der Waals surface area contributed by atoms with Gasteiger partial charge >= 0.3 is 0 Å². The minimum atomic E-state index is -5.68. The van der Waals surface area contributed by atoms with Crippen LogP contribution in [0.5, 0.6) is 0 Å². The monoisotopic (exact) mass is 639 g/mol. The van der Waals surface area contributed by atoms with Gasteiger partial charge in [0.1, 0.15) is 48.7 Å². The molecule has 22 heteroatoms. The van der Waals surface area contributed by atoms with Crippen molar-refractivity contribution in [3.8, 4) is 0 Å². The van der Waals surface area contributed by atoms with Gasteiger partial charge in [-0.3, -0.25) is 27.8 Å². The number of aliphatic hydroxyl groups excluding tert-OH is 5. The molecule has 0 aliphatic carbocycles. The SMILES string of the molecule is CC(=O)N[C@H]1[C@@H](OP(=O)([O-])OCCCN)O[C@H](CO)[C@@H](OP(=O)([O-])O[C@H]2O[C@H](CO)[C@@H](O)[C@H](O)[C@H]2NC(C)=O)[C@@H]1O. The molecule has 2 rings (SSSR count). The van der Waals surface area contributed by atoms with E-state index in [0.717, 1.165) is 13.8 Å². The van der Waals surface area contributed by atoms with E-state index in [1.54, 1.807) is 0 Å². The predicted octanol–water partition coefficient (Wildman–Crippen LogP) is -5.77. The van der Waals surface area contributed by atoms with Crippen LogP contribution >= 0.6 is 15.6 Å². The Hall–Kier alpha value is -1.16. The van der Waals surface area contributed by atoms with Crippen LogP contribution in [-0.4, -0.2) is 125 Å². The highest BCUT2D eigenvalue weighted by atomic mass is 31.2. The fourth-order valence-corrected chi connectivity index (χ4v) is 5.85. The van der Waals surface area contributed by atoms with Crippen LogP contribution in [0.15, 0.2) is 0 Å². The van der Waals surface area contributed by atoms with Crippen LogP contribution in [0, 0.1) is 0 Å². The maximum absolute atomic E-state index is 12.9. The third-order valence-electron chi connectivity index (χ3n) is 5.79. The molecule has 0 aromatic carbocycles. The van der Waals surface area contributed by atoms with Crippen LogP contribution in [0.1, 0.15) is 20.3 Å². The third-order valence-corrected chi connectivity index (χ3v) is 7.72. The molecule has 0 bridgehead atoms. The molecule has 2 aliphatic heterocycles. The Kier molecular flexibility index (Phi) is 13.6. The Morgan fingerprint density at radius 1 is 0.829 bits per heavy atom. The maximum Gasteiger partial charge on any atom is 0.270 e. The van der Waals surface area contributed by atoms with E-state index in [9.17, 15) is 54.0 Å². The van der Waals surface area contributed by atoms with Crippen molar-refractivity contribution < 1.29 is 81.6 Å². The van der Waals surface area contributed by atoms with Crippen molar-refractivity contribution in [2.75, 3.05) is 26.4 Å². The first-order valence-corrected chi connectivity index (χ1v) is 15.1. The van der Waals surface area contributed by atoms with Gasteiger partial charge in [-0.25, -0.2) is 0 Å². The van der Waals surface area contributed by atoms with Crippen molar-refractivity contribution in [3.05, 3.63) is 0 Å². The number of carbonyl (C=O) groups is 2. The molecule has 2 unspecified atom stereocenters. The highest BCUT2D eigenvalue weighted by Gasteiger charge is 2.51. The first-order valence-electron chi connectivity index (χ1n) is 12.2. The number of nitrogens with one attached hydrogen (secondary N) is 2.